The summed E-state index contributed by atoms with van der Waals surface area (Å²) in [5.74, 6) is 0.121. The van der Waals surface area contributed by atoms with Gasteiger partial charge in [0.2, 0.25) is 0 Å². The van der Waals surface area contributed by atoms with Gasteiger partial charge in [-0.15, -0.1) is 0 Å². The third kappa shape index (κ3) is 4.35. The van der Waals surface area contributed by atoms with Crippen molar-refractivity contribution in [2.75, 3.05) is 7.11 Å². The second-order valence-electron chi connectivity index (χ2n) is 4.19. The normalized spacial score (nSPS) is 10.5. The summed E-state index contributed by atoms with van der Waals surface area (Å²) in [6.45, 7) is 0.309. The van der Waals surface area contributed by atoms with E-state index >= 15 is 0 Å². The minimum absolute atomic E-state index is 0.309. The maximum Gasteiger partial charge on any atom is 0.328 e. The van der Waals surface area contributed by atoms with Crippen molar-refractivity contribution in [1.82, 2.24) is 4.98 Å². The van der Waals surface area contributed by atoms with Gasteiger partial charge in [-0.2, -0.15) is 0 Å². The van der Waals surface area contributed by atoms with Crippen LogP contribution in [0.3, 0.4) is 0 Å². The number of carboxylic acid groups (broad SMARTS) is 1. The van der Waals surface area contributed by atoms with E-state index in [2.05, 4.69) is 4.98 Å². The van der Waals surface area contributed by atoms with Crippen molar-refractivity contribution < 1.29 is 19.4 Å². The lowest BCUT2D eigenvalue weighted by Crippen LogP contribution is -1.99. The summed E-state index contributed by atoms with van der Waals surface area (Å²) >= 11 is 0. The molecule has 0 atom stereocenters. The van der Waals surface area contributed by atoms with Gasteiger partial charge in [-0.1, -0.05) is 12.1 Å². The van der Waals surface area contributed by atoms with E-state index in [9.17, 15) is 4.79 Å². The van der Waals surface area contributed by atoms with Crippen molar-refractivity contribution in [2.24, 2.45) is 0 Å². The molecule has 0 bridgehead atoms. The first-order chi connectivity index (χ1) is 10.2. The van der Waals surface area contributed by atoms with E-state index in [0.29, 0.717) is 23.7 Å². The van der Waals surface area contributed by atoms with Gasteiger partial charge in [0.25, 0.3) is 0 Å². The predicted octanol–water partition coefficient (Wildman–Crippen LogP) is 2.77. The van der Waals surface area contributed by atoms with Gasteiger partial charge in [-0.3, -0.25) is 4.98 Å². The molecule has 21 heavy (non-hydrogen) atoms. The topological polar surface area (TPSA) is 68.7 Å². The monoisotopic (exact) mass is 285 g/mol. The summed E-state index contributed by atoms with van der Waals surface area (Å²) < 4.78 is 10.9. The minimum Gasteiger partial charge on any atom is -0.493 e. The Balaban J connectivity index is 2.16. The summed E-state index contributed by atoms with van der Waals surface area (Å²) in [6, 6.07) is 10.8. The molecule has 1 aromatic heterocycles. The fourth-order valence-electron chi connectivity index (χ4n) is 1.71. The largest absolute Gasteiger partial charge is 0.493 e. The molecule has 108 valence electrons. The van der Waals surface area contributed by atoms with Crippen LogP contribution in [0.1, 0.15) is 11.3 Å². The summed E-state index contributed by atoms with van der Waals surface area (Å²) in [7, 11) is 1.55. The molecule has 0 fully saturated rings. The predicted molar refractivity (Wildman–Crippen MR) is 78.2 cm³/mol. The van der Waals surface area contributed by atoms with E-state index < -0.39 is 5.97 Å². The Morgan fingerprint density at radius 1 is 1.29 bits per heavy atom. The van der Waals surface area contributed by atoms with Crippen LogP contribution in [0.15, 0.2) is 48.7 Å². The summed E-state index contributed by atoms with van der Waals surface area (Å²) in [5.41, 5.74) is 1.51. The molecule has 2 rings (SSSR count). The molecule has 0 aliphatic rings. The molecular formula is C16H15NO4. The number of aromatic nitrogens is 1. The highest BCUT2D eigenvalue weighted by atomic mass is 16.5. The summed E-state index contributed by atoms with van der Waals surface area (Å²) in [5, 5.41) is 8.65. The fourth-order valence-corrected chi connectivity index (χ4v) is 1.71. The van der Waals surface area contributed by atoms with Gasteiger partial charge in [0.05, 0.1) is 12.8 Å². The summed E-state index contributed by atoms with van der Waals surface area (Å²) in [4.78, 5) is 14.7. The van der Waals surface area contributed by atoms with E-state index in [1.807, 2.05) is 18.2 Å². The number of pyridine rings is 1. The van der Waals surface area contributed by atoms with Crippen LogP contribution in [0.25, 0.3) is 6.08 Å². The van der Waals surface area contributed by atoms with Crippen molar-refractivity contribution in [2.45, 2.75) is 6.61 Å². The van der Waals surface area contributed by atoms with E-state index in [4.69, 9.17) is 14.6 Å². The number of carbonyl (C=O) groups is 1. The quantitative estimate of drug-likeness (QED) is 0.826. The summed E-state index contributed by atoms with van der Waals surface area (Å²) in [6.07, 6.45) is 4.27. The van der Waals surface area contributed by atoms with Gasteiger partial charge >= 0.3 is 5.97 Å². The smallest absolute Gasteiger partial charge is 0.328 e. The lowest BCUT2D eigenvalue weighted by atomic mass is 10.2. The average Bonchev–Trinajstić information content (AvgIpc) is 2.52. The Kier molecular flexibility index (Phi) is 4.93. The van der Waals surface area contributed by atoms with E-state index in [0.717, 1.165) is 11.8 Å². The molecule has 0 saturated carbocycles. The number of aliphatic carboxylic acids is 1. The Morgan fingerprint density at radius 3 is 2.81 bits per heavy atom. The number of hydrogen-bond donors (Lipinski definition) is 1. The Morgan fingerprint density at radius 2 is 2.14 bits per heavy atom. The fraction of sp³-hybridized carbons (Fsp3) is 0.125. The second kappa shape index (κ2) is 7.09. The number of hydrogen-bond acceptors (Lipinski definition) is 4. The molecule has 1 N–H and O–H groups in total. The van der Waals surface area contributed by atoms with Gasteiger partial charge in [-0.05, 0) is 35.9 Å². The van der Waals surface area contributed by atoms with Gasteiger partial charge in [-0.25, -0.2) is 4.79 Å². The number of benzene rings is 1. The van der Waals surface area contributed by atoms with Crippen molar-refractivity contribution in [1.29, 1.82) is 0 Å². The third-order valence-corrected chi connectivity index (χ3v) is 2.71. The van der Waals surface area contributed by atoms with Crippen LogP contribution >= 0.6 is 0 Å². The zero-order valence-corrected chi connectivity index (χ0v) is 11.5. The number of methoxy groups -OCH3 is 1. The molecular weight excluding hydrogens is 270 g/mol. The molecule has 1 aromatic carbocycles. The zero-order valence-electron chi connectivity index (χ0n) is 11.5. The molecule has 0 spiro atoms. The highest BCUT2D eigenvalue weighted by molar-refractivity contribution is 5.85. The maximum atomic E-state index is 10.5. The number of nitrogens with zero attached hydrogens (tertiary/aromatic N) is 1. The van der Waals surface area contributed by atoms with Crippen LogP contribution in [-0.2, 0) is 11.4 Å². The number of carboxylic acids is 1. The zero-order chi connectivity index (χ0) is 15.1. The third-order valence-electron chi connectivity index (χ3n) is 2.71. The number of ether oxygens (including phenoxy) is 2. The van der Waals surface area contributed by atoms with Crippen molar-refractivity contribution in [3.63, 3.8) is 0 Å². The van der Waals surface area contributed by atoms with Gasteiger partial charge < -0.3 is 14.6 Å². The minimum atomic E-state index is -0.998. The average molecular weight is 285 g/mol. The molecule has 0 unspecified atom stereocenters. The van der Waals surface area contributed by atoms with Crippen molar-refractivity contribution in [3.8, 4) is 11.5 Å². The lowest BCUT2D eigenvalue weighted by molar-refractivity contribution is -0.131. The molecule has 0 aliphatic carbocycles. The van der Waals surface area contributed by atoms with Crippen LogP contribution in [0, 0.1) is 0 Å². The van der Waals surface area contributed by atoms with Crippen LogP contribution in [0.4, 0.5) is 0 Å². The van der Waals surface area contributed by atoms with Gasteiger partial charge in [0.15, 0.2) is 11.5 Å². The Hall–Kier alpha value is -2.82. The molecule has 0 radical (unpaired) electrons. The molecule has 0 amide bonds. The first kappa shape index (κ1) is 14.6. The van der Waals surface area contributed by atoms with Crippen molar-refractivity contribution in [3.05, 3.63) is 59.9 Å². The van der Waals surface area contributed by atoms with E-state index in [1.54, 1.807) is 31.5 Å². The van der Waals surface area contributed by atoms with Crippen LogP contribution in [0.5, 0.6) is 11.5 Å². The first-order valence-corrected chi connectivity index (χ1v) is 6.31. The van der Waals surface area contributed by atoms with Crippen LogP contribution in [-0.4, -0.2) is 23.2 Å². The van der Waals surface area contributed by atoms with Crippen LogP contribution in [0.2, 0.25) is 0 Å². The van der Waals surface area contributed by atoms with Crippen molar-refractivity contribution >= 4 is 12.0 Å². The molecule has 0 saturated heterocycles. The maximum absolute atomic E-state index is 10.5. The van der Waals surface area contributed by atoms with Gasteiger partial charge in [0, 0.05) is 12.3 Å². The Bertz CT molecular complexity index is 638. The first-order valence-electron chi connectivity index (χ1n) is 6.31. The Labute approximate surface area is 122 Å². The lowest BCUT2D eigenvalue weighted by Gasteiger charge is -2.11. The highest BCUT2D eigenvalue weighted by Gasteiger charge is 2.06. The molecule has 1 heterocycles. The standard InChI is InChI=1S/C16H15NO4/c1-20-14-7-5-12(6-8-16(18)19)10-15(14)21-11-13-4-2-3-9-17-13/h2-10H,11H2,1H3,(H,18,19). The molecule has 5 heteroatoms. The molecule has 2 aromatic rings. The molecule has 0 aliphatic heterocycles. The van der Waals surface area contributed by atoms with E-state index in [1.165, 1.54) is 6.08 Å². The SMILES string of the molecule is COc1ccc(C=CC(=O)O)cc1OCc1ccccn1. The second-order valence-corrected chi connectivity index (χ2v) is 4.19. The molecule has 5 nitrogen and oxygen atoms in total. The highest BCUT2D eigenvalue weighted by Crippen LogP contribution is 2.29. The van der Waals surface area contributed by atoms with E-state index in [-0.39, 0.29) is 0 Å². The van der Waals surface area contributed by atoms with Crippen LogP contribution < -0.4 is 9.47 Å². The van der Waals surface area contributed by atoms with Gasteiger partial charge in [0.1, 0.15) is 6.61 Å². The number of rotatable bonds is 6.